The Morgan fingerprint density at radius 1 is 1.12 bits per heavy atom. The van der Waals surface area contributed by atoms with Crippen molar-refractivity contribution in [3.05, 3.63) is 63.5 Å². The first-order valence-electron chi connectivity index (χ1n) is 7.18. The van der Waals surface area contributed by atoms with Crippen LogP contribution in [-0.4, -0.2) is 21.0 Å². The molecule has 0 unspecified atom stereocenters. The van der Waals surface area contributed by atoms with Crippen LogP contribution in [-0.2, 0) is 4.79 Å². The molecule has 0 radical (unpaired) electrons. The van der Waals surface area contributed by atoms with Gasteiger partial charge in [0.25, 0.3) is 11.5 Å². The molecule has 0 saturated carbocycles. The largest absolute Gasteiger partial charge is 0.378 e. The number of thioether (sulfide) groups is 1. The quantitative estimate of drug-likeness (QED) is 0.625. The predicted molar refractivity (Wildman–Crippen MR) is 96.6 cm³/mol. The SMILES string of the molecule is NC1=NC(=O)/C(=C\c2c[nH]c(=O)c(-c3ccc4cc[nH]c4c3)c2)S1. The van der Waals surface area contributed by atoms with Gasteiger partial charge in [0.15, 0.2) is 5.17 Å². The summed E-state index contributed by atoms with van der Waals surface area (Å²) in [6.45, 7) is 0. The summed E-state index contributed by atoms with van der Waals surface area (Å²) in [5.41, 5.74) is 8.35. The smallest absolute Gasteiger partial charge is 0.286 e. The van der Waals surface area contributed by atoms with Gasteiger partial charge in [0.05, 0.1) is 4.91 Å². The van der Waals surface area contributed by atoms with Crippen molar-refractivity contribution in [1.29, 1.82) is 0 Å². The fourth-order valence-corrected chi connectivity index (χ4v) is 3.27. The van der Waals surface area contributed by atoms with Crippen molar-refractivity contribution in [3.63, 3.8) is 0 Å². The third-order valence-electron chi connectivity index (χ3n) is 3.73. The maximum atomic E-state index is 12.2. The highest BCUT2D eigenvalue weighted by atomic mass is 32.2. The first-order chi connectivity index (χ1) is 11.6. The van der Waals surface area contributed by atoms with E-state index in [1.165, 1.54) is 0 Å². The lowest BCUT2D eigenvalue weighted by Crippen LogP contribution is -2.08. The van der Waals surface area contributed by atoms with Crippen molar-refractivity contribution >= 4 is 39.8 Å². The molecular formula is C17H12N4O2S. The second-order valence-corrected chi connectivity index (χ2v) is 6.38. The number of H-pyrrole nitrogens is 2. The lowest BCUT2D eigenvalue weighted by Gasteiger charge is -2.03. The van der Waals surface area contributed by atoms with Crippen LogP contribution in [0.5, 0.6) is 0 Å². The van der Waals surface area contributed by atoms with Gasteiger partial charge in [-0.15, -0.1) is 0 Å². The Balaban J connectivity index is 1.78. The molecule has 1 amide bonds. The van der Waals surface area contributed by atoms with E-state index in [9.17, 15) is 9.59 Å². The van der Waals surface area contributed by atoms with Gasteiger partial charge in [-0.3, -0.25) is 9.59 Å². The molecule has 1 aliphatic rings. The van der Waals surface area contributed by atoms with Gasteiger partial charge in [0, 0.05) is 23.5 Å². The normalized spacial score (nSPS) is 16.1. The molecule has 6 nitrogen and oxygen atoms in total. The highest BCUT2D eigenvalue weighted by molar-refractivity contribution is 8.18. The number of rotatable bonds is 2. The van der Waals surface area contributed by atoms with Crippen LogP contribution >= 0.6 is 11.8 Å². The van der Waals surface area contributed by atoms with Crippen LogP contribution in [0.15, 0.2) is 57.4 Å². The number of carbonyl (C=O) groups excluding carboxylic acids is 1. The topological polar surface area (TPSA) is 104 Å². The van der Waals surface area contributed by atoms with Gasteiger partial charge in [-0.05, 0) is 52.6 Å². The van der Waals surface area contributed by atoms with E-state index in [-0.39, 0.29) is 16.6 Å². The molecule has 4 N–H and O–H groups in total. The van der Waals surface area contributed by atoms with Crippen molar-refractivity contribution in [2.75, 3.05) is 0 Å². The number of amides is 1. The Labute approximate surface area is 140 Å². The zero-order valence-electron chi connectivity index (χ0n) is 12.4. The van der Waals surface area contributed by atoms with E-state index in [0.717, 1.165) is 28.2 Å². The highest BCUT2D eigenvalue weighted by Gasteiger charge is 2.19. The standard InChI is InChI=1S/C17H12N4O2S/c18-17-21-16(23)14(24-17)6-9-5-12(15(22)20-8-9)11-2-1-10-3-4-19-13(10)7-11/h1-8,19H,(H,20,22)(H2,18,21,23)/b14-6+. The molecule has 0 atom stereocenters. The fraction of sp³-hybridized carbons (Fsp3) is 0. The molecule has 118 valence electrons. The first kappa shape index (κ1) is 14.5. The molecule has 0 aliphatic carbocycles. The number of aromatic nitrogens is 2. The number of fused-ring (bicyclic) bond motifs is 1. The molecule has 7 heteroatoms. The van der Waals surface area contributed by atoms with E-state index in [1.54, 1.807) is 18.3 Å². The summed E-state index contributed by atoms with van der Waals surface area (Å²) >= 11 is 1.12. The Kier molecular flexibility index (Phi) is 3.35. The minimum absolute atomic E-state index is 0.191. The summed E-state index contributed by atoms with van der Waals surface area (Å²) in [6, 6.07) is 9.49. The minimum atomic E-state index is -0.363. The summed E-state index contributed by atoms with van der Waals surface area (Å²) < 4.78 is 0. The van der Waals surface area contributed by atoms with Crippen LogP contribution in [0.4, 0.5) is 0 Å². The molecule has 2 aromatic heterocycles. The molecule has 0 spiro atoms. The van der Waals surface area contributed by atoms with Gasteiger partial charge in [0.2, 0.25) is 0 Å². The van der Waals surface area contributed by atoms with Crippen molar-refractivity contribution in [2.24, 2.45) is 10.7 Å². The number of nitrogens with zero attached hydrogens (tertiary/aromatic N) is 1. The number of aliphatic imine (C=N–C) groups is 1. The van der Waals surface area contributed by atoms with Crippen molar-refractivity contribution < 1.29 is 4.79 Å². The number of nitrogens with two attached hydrogens (primary N) is 1. The van der Waals surface area contributed by atoms with Crippen LogP contribution in [0.25, 0.3) is 28.1 Å². The summed E-state index contributed by atoms with van der Waals surface area (Å²) in [5, 5.41) is 1.31. The minimum Gasteiger partial charge on any atom is -0.378 e. The fourth-order valence-electron chi connectivity index (χ4n) is 2.59. The maximum Gasteiger partial charge on any atom is 0.286 e. The maximum absolute atomic E-state index is 12.2. The number of amidine groups is 1. The van der Waals surface area contributed by atoms with Crippen molar-refractivity contribution in [1.82, 2.24) is 9.97 Å². The molecule has 0 bridgehead atoms. The monoisotopic (exact) mass is 336 g/mol. The Bertz CT molecular complexity index is 1090. The molecule has 24 heavy (non-hydrogen) atoms. The number of aromatic amines is 2. The summed E-state index contributed by atoms with van der Waals surface area (Å²) in [4.78, 5) is 33.8. The average molecular weight is 336 g/mol. The molecule has 3 heterocycles. The van der Waals surface area contributed by atoms with Gasteiger partial charge < -0.3 is 15.7 Å². The Hall–Kier alpha value is -3.06. The highest BCUT2D eigenvalue weighted by Crippen LogP contribution is 2.27. The van der Waals surface area contributed by atoms with Crippen LogP contribution < -0.4 is 11.3 Å². The molecule has 4 rings (SSSR count). The summed E-state index contributed by atoms with van der Waals surface area (Å²) in [5.74, 6) is -0.363. The summed E-state index contributed by atoms with van der Waals surface area (Å²) in [7, 11) is 0. The number of benzene rings is 1. The van der Waals surface area contributed by atoms with Crippen molar-refractivity contribution in [3.8, 4) is 11.1 Å². The molecular weight excluding hydrogens is 324 g/mol. The second-order valence-electron chi connectivity index (χ2n) is 5.32. The van der Waals surface area contributed by atoms with Gasteiger partial charge in [0.1, 0.15) is 0 Å². The third kappa shape index (κ3) is 2.55. The lowest BCUT2D eigenvalue weighted by atomic mass is 10.0. The van der Waals surface area contributed by atoms with Gasteiger partial charge in [-0.2, -0.15) is 4.99 Å². The third-order valence-corrected chi connectivity index (χ3v) is 4.54. The predicted octanol–water partition coefficient (Wildman–Crippen LogP) is 2.45. The van der Waals surface area contributed by atoms with Gasteiger partial charge in [-0.1, -0.05) is 12.1 Å². The zero-order chi connectivity index (χ0) is 16.7. The molecule has 1 aromatic carbocycles. The first-order valence-corrected chi connectivity index (χ1v) is 8.00. The van der Waals surface area contributed by atoms with E-state index >= 15 is 0 Å². The number of nitrogens with one attached hydrogen (secondary N) is 2. The van der Waals surface area contributed by atoms with E-state index < -0.39 is 0 Å². The zero-order valence-corrected chi connectivity index (χ0v) is 13.2. The molecule has 0 fully saturated rings. The summed E-state index contributed by atoms with van der Waals surface area (Å²) in [6.07, 6.45) is 5.09. The van der Waals surface area contributed by atoms with E-state index in [1.807, 2.05) is 30.5 Å². The molecule has 0 saturated heterocycles. The average Bonchev–Trinajstić information content (AvgIpc) is 3.14. The lowest BCUT2D eigenvalue weighted by molar-refractivity contribution is -0.113. The molecule has 1 aliphatic heterocycles. The van der Waals surface area contributed by atoms with Crippen LogP contribution in [0.1, 0.15) is 5.56 Å². The number of carbonyl (C=O) groups is 1. The molecule has 3 aromatic rings. The van der Waals surface area contributed by atoms with E-state index in [2.05, 4.69) is 15.0 Å². The Morgan fingerprint density at radius 3 is 2.79 bits per heavy atom. The van der Waals surface area contributed by atoms with Crippen LogP contribution in [0.2, 0.25) is 0 Å². The second kappa shape index (κ2) is 5.54. The van der Waals surface area contributed by atoms with Gasteiger partial charge in [-0.25, -0.2) is 0 Å². The number of hydrogen-bond donors (Lipinski definition) is 3. The van der Waals surface area contributed by atoms with Gasteiger partial charge >= 0.3 is 0 Å². The van der Waals surface area contributed by atoms with E-state index in [0.29, 0.717) is 16.0 Å². The van der Waals surface area contributed by atoms with E-state index in [4.69, 9.17) is 5.73 Å². The number of pyridine rings is 1. The van der Waals surface area contributed by atoms with Crippen LogP contribution in [0, 0.1) is 0 Å². The van der Waals surface area contributed by atoms with Crippen LogP contribution in [0.3, 0.4) is 0 Å². The van der Waals surface area contributed by atoms with Crippen molar-refractivity contribution in [2.45, 2.75) is 0 Å². The number of hydrogen-bond acceptors (Lipinski definition) is 4. The Morgan fingerprint density at radius 2 is 2.00 bits per heavy atom.